The van der Waals surface area contributed by atoms with Gasteiger partial charge in [-0.15, -0.1) is 0 Å². The first-order valence-electron chi connectivity index (χ1n) is 7.32. The van der Waals surface area contributed by atoms with Gasteiger partial charge in [-0.25, -0.2) is 0 Å². The molecule has 1 heterocycles. The van der Waals surface area contributed by atoms with Gasteiger partial charge < -0.3 is 10.2 Å². The Hall–Kier alpha value is -0.380. The monoisotopic (exact) mass is 324 g/mol. The van der Waals surface area contributed by atoms with E-state index < -0.39 is 0 Å². The molecule has 0 saturated carbocycles. The fourth-order valence-corrected chi connectivity index (χ4v) is 3.13. The third-order valence-electron chi connectivity index (χ3n) is 4.33. The molecule has 3 heteroatoms. The van der Waals surface area contributed by atoms with Crippen molar-refractivity contribution in [1.82, 2.24) is 10.2 Å². The first-order valence-corrected chi connectivity index (χ1v) is 8.11. The van der Waals surface area contributed by atoms with Crippen LogP contribution in [0.15, 0.2) is 28.7 Å². The van der Waals surface area contributed by atoms with Crippen molar-refractivity contribution < 1.29 is 0 Å². The average molecular weight is 325 g/mol. The predicted octanol–water partition coefficient (Wildman–Crippen LogP) is 3.97. The Kier molecular flexibility index (Phi) is 5.43. The van der Waals surface area contributed by atoms with Crippen LogP contribution < -0.4 is 5.32 Å². The number of nitrogens with one attached hydrogen (secondary N) is 1. The predicted molar refractivity (Wildman–Crippen MR) is 85.4 cm³/mol. The molecule has 0 aromatic heterocycles. The van der Waals surface area contributed by atoms with Crippen LogP contribution in [-0.4, -0.2) is 30.6 Å². The number of hydrogen-bond donors (Lipinski definition) is 1. The molecule has 106 valence electrons. The summed E-state index contributed by atoms with van der Waals surface area (Å²) in [5.41, 5.74) is 1.40. The molecule has 0 amide bonds. The third kappa shape index (κ3) is 4.04. The first kappa shape index (κ1) is 15.0. The van der Waals surface area contributed by atoms with Crippen molar-refractivity contribution in [2.45, 2.75) is 51.2 Å². The largest absolute Gasteiger partial charge is 0.307 e. The fourth-order valence-electron chi connectivity index (χ4n) is 2.87. The lowest BCUT2D eigenvalue weighted by atomic mass is 9.96. The Bertz CT molecular complexity index is 390. The van der Waals surface area contributed by atoms with E-state index in [-0.39, 0.29) is 0 Å². The van der Waals surface area contributed by atoms with Crippen molar-refractivity contribution in [2.75, 3.05) is 13.6 Å². The number of hydrogen-bond acceptors (Lipinski definition) is 2. The van der Waals surface area contributed by atoms with Gasteiger partial charge in [-0.2, -0.15) is 0 Å². The second-order valence-electron chi connectivity index (χ2n) is 5.73. The van der Waals surface area contributed by atoms with Gasteiger partial charge in [-0.1, -0.05) is 35.0 Å². The van der Waals surface area contributed by atoms with Crippen molar-refractivity contribution in [2.24, 2.45) is 0 Å². The summed E-state index contributed by atoms with van der Waals surface area (Å²) in [7, 11) is 2.23. The first-order chi connectivity index (χ1) is 9.10. The van der Waals surface area contributed by atoms with E-state index in [2.05, 4.69) is 71.3 Å². The van der Waals surface area contributed by atoms with Crippen molar-refractivity contribution in [3.05, 3.63) is 34.3 Å². The second-order valence-corrected chi connectivity index (χ2v) is 6.65. The van der Waals surface area contributed by atoms with Gasteiger partial charge in [0, 0.05) is 22.6 Å². The lowest BCUT2D eigenvalue weighted by molar-refractivity contribution is 0.161. The summed E-state index contributed by atoms with van der Waals surface area (Å²) in [5, 5.41) is 3.85. The highest BCUT2D eigenvalue weighted by atomic mass is 79.9. The van der Waals surface area contributed by atoms with Crippen LogP contribution in [0, 0.1) is 0 Å². The molecule has 1 saturated heterocycles. The van der Waals surface area contributed by atoms with Crippen molar-refractivity contribution in [1.29, 1.82) is 0 Å². The number of likely N-dealkylation sites (tertiary alicyclic amines) is 1. The topological polar surface area (TPSA) is 15.3 Å². The van der Waals surface area contributed by atoms with Crippen LogP contribution in [-0.2, 0) is 0 Å². The Morgan fingerprint density at radius 1 is 1.37 bits per heavy atom. The van der Waals surface area contributed by atoms with Crippen LogP contribution in [0.3, 0.4) is 0 Å². The van der Waals surface area contributed by atoms with E-state index in [4.69, 9.17) is 0 Å². The van der Waals surface area contributed by atoms with Crippen LogP contribution in [0.4, 0.5) is 0 Å². The zero-order valence-corrected chi connectivity index (χ0v) is 13.8. The lowest BCUT2D eigenvalue weighted by Crippen LogP contribution is -2.46. The van der Waals surface area contributed by atoms with Gasteiger partial charge in [0.1, 0.15) is 0 Å². The smallest absolute Gasteiger partial charge is 0.0320 e. The zero-order chi connectivity index (χ0) is 13.8. The molecule has 0 bridgehead atoms. The van der Waals surface area contributed by atoms with Crippen LogP contribution >= 0.6 is 15.9 Å². The van der Waals surface area contributed by atoms with E-state index in [9.17, 15) is 0 Å². The molecule has 1 N–H and O–H groups in total. The number of halogens is 1. The lowest BCUT2D eigenvalue weighted by Gasteiger charge is -2.37. The maximum absolute atomic E-state index is 3.85. The van der Waals surface area contributed by atoms with Crippen LogP contribution in [0.1, 0.15) is 44.7 Å². The summed E-state index contributed by atoms with van der Waals surface area (Å²) in [6.07, 6.45) is 3.65. The minimum Gasteiger partial charge on any atom is -0.307 e. The van der Waals surface area contributed by atoms with Crippen molar-refractivity contribution >= 4 is 15.9 Å². The van der Waals surface area contributed by atoms with E-state index in [0.29, 0.717) is 18.1 Å². The van der Waals surface area contributed by atoms with Gasteiger partial charge in [0.25, 0.3) is 0 Å². The SMILES string of the molecule is CCC(NC1CCN(C)C(C)C1)c1ccc(Br)cc1. The molecule has 2 rings (SSSR count). The van der Waals surface area contributed by atoms with Gasteiger partial charge in [0.05, 0.1) is 0 Å². The fraction of sp³-hybridized carbons (Fsp3) is 0.625. The Morgan fingerprint density at radius 2 is 2.05 bits per heavy atom. The highest BCUT2D eigenvalue weighted by Crippen LogP contribution is 2.23. The molecule has 1 aromatic carbocycles. The molecule has 3 atom stereocenters. The molecule has 1 fully saturated rings. The summed E-state index contributed by atoms with van der Waals surface area (Å²) in [6.45, 7) is 5.79. The molecular formula is C16H25BrN2. The zero-order valence-electron chi connectivity index (χ0n) is 12.2. The Morgan fingerprint density at radius 3 is 2.63 bits per heavy atom. The van der Waals surface area contributed by atoms with Gasteiger partial charge in [-0.05, 0) is 57.5 Å². The van der Waals surface area contributed by atoms with Crippen LogP contribution in [0.5, 0.6) is 0 Å². The normalized spacial score (nSPS) is 26.3. The maximum Gasteiger partial charge on any atom is 0.0320 e. The molecule has 1 aromatic rings. The molecule has 0 aliphatic carbocycles. The minimum atomic E-state index is 0.480. The summed E-state index contributed by atoms with van der Waals surface area (Å²) in [4.78, 5) is 2.46. The molecule has 19 heavy (non-hydrogen) atoms. The van der Waals surface area contributed by atoms with E-state index in [1.165, 1.54) is 24.9 Å². The molecule has 1 aliphatic heterocycles. The minimum absolute atomic E-state index is 0.480. The Labute approximate surface area is 125 Å². The summed E-state index contributed by atoms with van der Waals surface area (Å²) in [6, 6.07) is 10.5. The standard InChI is InChI=1S/C16H25BrN2/c1-4-16(13-5-7-14(17)8-6-13)18-15-9-10-19(3)12(2)11-15/h5-8,12,15-16,18H,4,9-11H2,1-3H3. The summed E-state index contributed by atoms with van der Waals surface area (Å²) >= 11 is 3.50. The number of piperidine rings is 1. The van der Waals surface area contributed by atoms with Gasteiger partial charge >= 0.3 is 0 Å². The number of benzene rings is 1. The van der Waals surface area contributed by atoms with Gasteiger partial charge in [-0.3, -0.25) is 0 Å². The van der Waals surface area contributed by atoms with E-state index in [0.717, 1.165) is 10.9 Å². The molecule has 0 spiro atoms. The molecule has 1 aliphatic rings. The summed E-state index contributed by atoms with van der Waals surface area (Å²) in [5.74, 6) is 0. The highest BCUT2D eigenvalue weighted by molar-refractivity contribution is 9.10. The summed E-state index contributed by atoms with van der Waals surface area (Å²) < 4.78 is 1.15. The van der Waals surface area contributed by atoms with Crippen LogP contribution in [0.2, 0.25) is 0 Å². The average Bonchev–Trinajstić information content (AvgIpc) is 2.41. The van der Waals surface area contributed by atoms with E-state index >= 15 is 0 Å². The van der Waals surface area contributed by atoms with Gasteiger partial charge in [0.2, 0.25) is 0 Å². The van der Waals surface area contributed by atoms with Crippen LogP contribution in [0.25, 0.3) is 0 Å². The Balaban J connectivity index is 1.97. The number of nitrogens with zero attached hydrogens (tertiary/aromatic N) is 1. The third-order valence-corrected chi connectivity index (χ3v) is 4.85. The van der Waals surface area contributed by atoms with Gasteiger partial charge in [0.15, 0.2) is 0 Å². The molecule has 0 radical (unpaired) electrons. The number of rotatable bonds is 4. The van der Waals surface area contributed by atoms with E-state index in [1.807, 2.05) is 0 Å². The van der Waals surface area contributed by atoms with E-state index in [1.54, 1.807) is 0 Å². The molecule has 3 unspecified atom stereocenters. The quantitative estimate of drug-likeness (QED) is 0.901. The molecular weight excluding hydrogens is 300 g/mol. The van der Waals surface area contributed by atoms with Crippen molar-refractivity contribution in [3.63, 3.8) is 0 Å². The van der Waals surface area contributed by atoms with Crippen molar-refractivity contribution in [3.8, 4) is 0 Å². The highest BCUT2D eigenvalue weighted by Gasteiger charge is 2.24. The second kappa shape index (κ2) is 6.87. The maximum atomic E-state index is 3.85. The molecule has 2 nitrogen and oxygen atoms in total.